The average molecular weight is 556 g/mol. The number of benzene rings is 3. The topological polar surface area (TPSA) is 79.3 Å². The predicted octanol–water partition coefficient (Wildman–Crippen LogP) is 6.54. The zero-order valence-corrected chi connectivity index (χ0v) is 21.2. The van der Waals surface area contributed by atoms with E-state index in [1.54, 1.807) is 13.0 Å². The summed E-state index contributed by atoms with van der Waals surface area (Å²) >= 11 is 9.62. The Balaban J connectivity index is 1.80. The molecule has 1 atom stereocenters. The minimum Gasteiger partial charge on any atom is -0.481 e. The van der Waals surface area contributed by atoms with Crippen LogP contribution in [-0.2, 0) is 10.2 Å². The lowest BCUT2D eigenvalue weighted by Crippen LogP contribution is -2.45. The molecule has 0 bridgehead atoms. The van der Waals surface area contributed by atoms with Gasteiger partial charge in [-0.25, -0.2) is 9.37 Å². The molecule has 4 rings (SSSR count). The molecule has 35 heavy (non-hydrogen) atoms. The first-order chi connectivity index (χ1) is 16.6. The summed E-state index contributed by atoms with van der Waals surface area (Å²) in [6.07, 6.45) is 0. The number of hydrogen-bond donors (Lipinski definition) is 2. The van der Waals surface area contributed by atoms with Gasteiger partial charge in [0.2, 0.25) is 0 Å². The van der Waals surface area contributed by atoms with Crippen molar-refractivity contribution in [3.8, 4) is 11.3 Å². The van der Waals surface area contributed by atoms with E-state index in [9.17, 15) is 19.1 Å². The summed E-state index contributed by atoms with van der Waals surface area (Å²) in [5, 5.41) is 13.3. The second-order valence-corrected chi connectivity index (χ2v) is 9.73. The van der Waals surface area contributed by atoms with Gasteiger partial charge in [-0.1, -0.05) is 63.9 Å². The Hall–Kier alpha value is -3.29. The third kappa shape index (κ3) is 4.66. The quantitative estimate of drug-likeness (QED) is 0.283. The molecule has 3 aromatic carbocycles. The molecular weight excluding hydrogens is 535 g/mol. The van der Waals surface area contributed by atoms with Gasteiger partial charge in [-0.15, -0.1) is 0 Å². The van der Waals surface area contributed by atoms with Crippen molar-refractivity contribution in [3.63, 3.8) is 0 Å². The summed E-state index contributed by atoms with van der Waals surface area (Å²) in [5.41, 5.74) is 1.13. The number of carboxylic acid groups (broad SMARTS) is 1. The smallest absolute Gasteiger partial charge is 0.315 e. The SMILES string of the molecule is Cc1c(-c2ccccc2)nc2ccc(Br)cc2c1C(=O)NC[C@@](C)(C(=O)O)c1c(F)cccc1Cl. The third-order valence-corrected chi connectivity index (χ3v) is 6.86. The fourth-order valence-corrected chi connectivity index (χ4v) is 4.87. The molecule has 1 heterocycles. The van der Waals surface area contributed by atoms with Crippen LogP contribution in [0.5, 0.6) is 0 Å². The zero-order valence-electron chi connectivity index (χ0n) is 18.9. The number of fused-ring (bicyclic) bond motifs is 1. The van der Waals surface area contributed by atoms with Crippen LogP contribution >= 0.6 is 27.5 Å². The lowest BCUT2D eigenvalue weighted by Gasteiger charge is -2.27. The van der Waals surface area contributed by atoms with Gasteiger partial charge >= 0.3 is 5.97 Å². The number of nitrogens with one attached hydrogen (secondary N) is 1. The maximum atomic E-state index is 14.6. The molecule has 4 aromatic rings. The van der Waals surface area contributed by atoms with E-state index in [0.29, 0.717) is 27.7 Å². The summed E-state index contributed by atoms with van der Waals surface area (Å²) in [7, 11) is 0. The van der Waals surface area contributed by atoms with Gasteiger partial charge < -0.3 is 10.4 Å². The van der Waals surface area contributed by atoms with Crippen molar-refractivity contribution in [3.05, 3.63) is 98.7 Å². The molecule has 0 unspecified atom stereocenters. The number of halogens is 3. The Morgan fingerprint density at radius 2 is 1.83 bits per heavy atom. The van der Waals surface area contributed by atoms with Crippen LogP contribution in [0.2, 0.25) is 5.02 Å². The lowest BCUT2D eigenvalue weighted by atomic mass is 9.81. The number of hydrogen-bond acceptors (Lipinski definition) is 3. The summed E-state index contributed by atoms with van der Waals surface area (Å²) in [5.74, 6) is -2.56. The molecule has 0 saturated carbocycles. The minimum atomic E-state index is -1.79. The van der Waals surface area contributed by atoms with Crippen molar-refractivity contribution in [2.24, 2.45) is 0 Å². The van der Waals surface area contributed by atoms with Gasteiger partial charge in [-0.05, 0) is 49.7 Å². The number of pyridine rings is 1. The van der Waals surface area contributed by atoms with Gasteiger partial charge in [0.15, 0.2) is 0 Å². The minimum absolute atomic E-state index is 0.0232. The van der Waals surface area contributed by atoms with Crippen molar-refractivity contribution in [2.45, 2.75) is 19.3 Å². The average Bonchev–Trinajstić information content (AvgIpc) is 2.82. The first kappa shape index (κ1) is 24.8. The maximum absolute atomic E-state index is 14.6. The third-order valence-electron chi connectivity index (χ3n) is 6.05. The maximum Gasteiger partial charge on any atom is 0.315 e. The molecule has 0 fully saturated rings. The molecule has 2 N–H and O–H groups in total. The largest absolute Gasteiger partial charge is 0.481 e. The Morgan fingerprint density at radius 1 is 1.11 bits per heavy atom. The summed E-state index contributed by atoms with van der Waals surface area (Å²) in [6, 6.07) is 18.9. The number of nitrogens with zero attached hydrogens (tertiary/aromatic N) is 1. The van der Waals surface area contributed by atoms with Crippen LogP contribution in [0.4, 0.5) is 4.39 Å². The molecule has 1 amide bonds. The van der Waals surface area contributed by atoms with Crippen LogP contribution in [0.3, 0.4) is 0 Å². The van der Waals surface area contributed by atoms with E-state index in [2.05, 4.69) is 21.2 Å². The van der Waals surface area contributed by atoms with E-state index >= 15 is 0 Å². The van der Waals surface area contributed by atoms with Gasteiger partial charge in [0.05, 0.1) is 16.8 Å². The number of carbonyl (C=O) groups excluding carboxylic acids is 1. The molecule has 178 valence electrons. The van der Waals surface area contributed by atoms with Crippen LogP contribution in [0.1, 0.15) is 28.4 Å². The summed E-state index contributed by atoms with van der Waals surface area (Å²) in [4.78, 5) is 30.6. The van der Waals surface area contributed by atoms with E-state index in [4.69, 9.17) is 16.6 Å². The molecule has 8 heteroatoms. The lowest BCUT2D eigenvalue weighted by molar-refractivity contribution is -0.143. The number of carbonyl (C=O) groups is 2. The number of aliphatic carboxylic acids is 1. The summed E-state index contributed by atoms with van der Waals surface area (Å²) in [6.45, 7) is 2.76. The van der Waals surface area contributed by atoms with Gasteiger partial charge in [-0.2, -0.15) is 0 Å². The first-order valence-corrected chi connectivity index (χ1v) is 11.9. The molecule has 0 radical (unpaired) electrons. The van der Waals surface area contributed by atoms with Crippen LogP contribution in [0, 0.1) is 12.7 Å². The van der Waals surface area contributed by atoms with Crippen molar-refractivity contribution in [1.29, 1.82) is 0 Å². The van der Waals surface area contributed by atoms with Crippen LogP contribution in [0.15, 0.2) is 71.2 Å². The van der Waals surface area contributed by atoms with Crippen LogP contribution in [-0.4, -0.2) is 28.5 Å². The van der Waals surface area contributed by atoms with Crippen molar-refractivity contribution < 1.29 is 19.1 Å². The van der Waals surface area contributed by atoms with E-state index < -0.39 is 23.1 Å². The van der Waals surface area contributed by atoms with E-state index in [0.717, 1.165) is 16.1 Å². The standard InChI is InChI=1S/C27H21BrClFN2O3/c1-15-22(18-13-17(28)11-12-21(18)32-24(15)16-7-4-3-5-8-16)25(33)31-14-27(2,26(34)35)23-19(29)9-6-10-20(23)30/h3-13H,14H2,1-2H3,(H,31,33)(H,34,35)/t27-/m1/s1. The Morgan fingerprint density at radius 3 is 2.49 bits per heavy atom. The number of amides is 1. The van der Waals surface area contributed by atoms with E-state index in [-0.39, 0.29) is 17.1 Å². The molecule has 0 aliphatic rings. The highest BCUT2D eigenvalue weighted by Crippen LogP contribution is 2.34. The first-order valence-electron chi connectivity index (χ1n) is 10.7. The highest BCUT2D eigenvalue weighted by atomic mass is 79.9. The van der Waals surface area contributed by atoms with Gasteiger partial charge in [0.1, 0.15) is 11.2 Å². The molecule has 0 aliphatic carbocycles. The highest BCUT2D eigenvalue weighted by Gasteiger charge is 2.40. The van der Waals surface area contributed by atoms with E-state index in [1.165, 1.54) is 19.1 Å². The van der Waals surface area contributed by atoms with Crippen molar-refractivity contribution >= 4 is 50.3 Å². The molecule has 5 nitrogen and oxygen atoms in total. The second kappa shape index (κ2) is 9.76. The van der Waals surface area contributed by atoms with Crippen molar-refractivity contribution in [1.82, 2.24) is 10.3 Å². The number of rotatable bonds is 6. The van der Waals surface area contributed by atoms with Crippen LogP contribution < -0.4 is 5.32 Å². The van der Waals surface area contributed by atoms with E-state index in [1.807, 2.05) is 42.5 Å². The molecule has 0 spiro atoms. The highest BCUT2D eigenvalue weighted by molar-refractivity contribution is 9.10. The monoisotopic (exact) mass is 554 g/mol. The Bertz CT molecular complexity index is 1440. The van der Waals surface area contributed by atoms with Gasteiger partial charge in [-0.3, -0.25) is 9.59 Å². The normalized spacial score (nSPS) is 12.8. The Labute approximate surface area is 215 Å². The van der Waals surface area contributed by atoms with Gasteiger partial charge in [0, 0.05) is 32.6 Å². The molecular formula is C27H21BrClFN2O3. The fraction of sp³-hybridized carbons (Fsp3) is 0.148. The predicted molar refractivity (Wildman–Crippen MR) is 138 cm³/mol. The van der Waals surface area contributed by atoms with Crippen molar-refractivity contribution in [2.75, 3.05) is 6.54 Å². The summed E-state index contributed by atoms with van der Waals surface area (Å²) < 4.78 is 15.4. The van der Waals surface area contributed by atoms with Crippen LogP contribution in [0.25, 0.3) is 22.2 Å². The second-order valence-electron chi connectivity index (χ2n) is 8.40. The molecule has 0 saturated heterocycles. The zero-order chi connectivity index (χ0) is 25.3. The molecule has 1 aromatic heterocycles. The number of aromatic nitrogens is 1. The number of carboxylic acids is 1. The molecule has 0 aliphatic heterocycles. The fourth-order valence-electron chi connectivity index (χ4n) is 4.14. The van der Waals surface area contributed by atoms with Gasteiger partial charge in [0.25, 0.3) is 5.91 Å². The Kier molecular flexibility index (Phi) is 6.92.